The van der Waals surface area contributed by atoms with Gasteiger partial charge in [-0.3, -0.25) is 10.1 Å². The van der Waals surface area contributed by atoms with Crippen LogP contribution in [-0.2, 0) is 0 Å². The lowest BCUT2D eigenvalue weighted by Gasteiger charge is -2.05. The standard InChI is InChI=1S/C17H12BrNO2S2/c1-22-14-8-4-11(5-9-14)15-10-16(18)23-17(15)12-2-6-13(7-3-12)19(20)21/h2-10H,1H3. The van der Waals surface area contributed by atoms with Crippen molar-refractivity contribution in [3.8, 4) is 21.6 Å². The van der Waals surface area contributed by atoms with E-state index in [1.165, 1.54) is 4.90 Å². The summed E-state index contributed by atoms with van der Waals surface area (Å²) in [5.41, 5.74) is 3.35. The molecule has 0 bridgehead atoms. The minimum atomic E-state index is -0.379. The van der Waals surface area contributed by atoms with Crippen molar-refractivity contribution in [2.24, 2.45) is 0 Å². The highest BCUT2D eigenvalue weighted by Gasteiger charge is 2.13. The summed E-state index contributed by atoms with van der Waals surface area (Å²) in [5, 5.41) is 10.8. The monoisotopic (exact) mass is 405 g/mol. The van der Waals surface area contributed by atoms with Gasteiger partial charge in [0.25, 0.3) is 5.69 Å². The van der Waals surface area contributed by atoms with Crippen LogP contribution in [-0.4, -0.2) is 11.2 Å². The van der Waals surface area contributed by atoms with E-state index in [2.05, 4.69) is 52.5 Å². The second-order valence-corrected chi connectivity index (χ2v) is 8.14. The molecular formula is C17H12BrNO2S2. The minimum Gasteiger partial charge on any atom is -0.258 e. The molecule has 3 aromatic rings. The molecule has 0 aliphatic rings. The van der Waals surface area contributed by atoms with Crippen LogP contribution in [0, 0.1) is 10.1 Å². The van der Waals surface area contributed by atoms with Crippen LogP contribution < -0.4 is 0 Å². The lowest BCUT2D eigenvalue weighted by atomic mass is 10.0. The summed E-state index contributed by atoms with van der Waals surface area (Å²) in [4.78, 5) is 12.7. The number of benzene rings is 2. The first kappa shape index (κ1) is 16.2. The molecule has 0 spiro atoms. The molecule has 0 aliphatic heterocycles. The zero-order valence-electron chi connectivity index (χ0n) is 12.2. The third-order valence-electron chi connectivity index (χ3n) is 3.44. The Morgan fingerprint density at radius 2 is 1.65 bits per heavy atom. The van der Waals surface area contributed by atoms with Gasteiger partial charge >= 0.3 is 0 Å². The molecule has 116 valence electrons. The van der Waals surface area contributed by atoms with Crippen LogP contribution >= 0.6 is 39.0 Å². The Bertz CT molecular complexity index is 842. The molecule has 2 aromatic carbocycles. The van der Waals surface area contributed by atoms with Gasteiger partial charge < -0.3 is 0 Å². The molecule has 3 rings (SSSR count). The molecule has 0 radical (unpaired) electrons. The maximum Gasteiger partial charge on any atom is 0.269 e. The number of non-ortho nitro benzene ring substituents is 1. The van der Waals surface area contributed by atoms with Crippen LogP contribution in [0.3, 0.4) is 0 Å². The van der Waals surface area contributed by atoms with Crippen LogP contribution in [0.4, 0.5) is 5.69 Å². The Hall–Kier alpha value is -1.63. The van der Waals surface area contributed by atoms with Crippen molar-refractivity contribution in [2.45, 2.75) is 4.90 Å². The van der Waals surface area contributed by atoms with Crippen LogP contribution in [0.2, 0.25) is 0 Å². The average molecular weight is 406 g/mol. The van der Waals surface area contributed by atoms with E-state index in [0.717, 1.165) is 25.4 Å². The first-order valence-corrected chi connectivity index (χ1v) is 9.60. The number of halogens is 1. The van der Waals surface area contributed by atoms with E-state index >= 15 is 0 Å². The number of nitro groups is 1. The SMILES string of the molecule is CSc1ccc(-c2cc(Br)sc2-c2ccc([N+](=O)[O-])cc2)cc1. The zero-order valence-corrected chi connectivity index (χ0v) is 15.4. The van der Waals surface area contributed by atoms with E-state index in [4.69, 9.17) is 0 Å². The van der Waals surface area contributed by atoms with E-state index in [9.17, 15) is 10.1 Å². The van der Waals surface area contributed by atoms with Crippen molar-refractivity contribution < 1.29 is 4.92 Å². The Kier molecular flexibility index (Phi) is 4.84. The first-order valence-electron chi connectivity index (χ1n) is 6.77. The quantitative estimate of drug-likeness (QED) is 0.283. The smallest absolute Gasteiger partial charge is 0.258 e. The molecule has 1 heterocycles. The normalized spacial score (nSPS) is 10.7. The Balaban J connectivity index is 2.04. The topological polar surface area (TPSA) is 43.1 Å². The summed E-state index contributed by atoms with van der Waals surface area (Å²) in [6, 6.07) is 17.2. The Morgan fingerprint density at radius 1 is 1.04 bits per heavy atom. The van der Waals surface area contributed by atoms with Gasteiger partial charge in [-0.1, -0.05) is 12.1 Å². The van der Waals surface area contributed by atoms with Gasteiger partial charge in [-0.25, -0.2) is 0 Å². The van der Waals surface area contributed by atoms with Crippen LogP contribution in [0.15, 0.2) is 63.3 Å². The van der Waals surface area contributed by atoms with Gasteiger partial charge in [0.1, 0.15) is 0 Å². The summed E-state index contributed by atoms with van der Waals surface area (Å²) in [6.07, 6.45) is 2.05. The highest BCUT2D eigenvalue weighted by molar-refractivity contribution is 9.11. The second kappa shape index (κ2) is 6.86. The highest BCUT2D eigenvalue weighted by atomic mass is 79.9. The fourth-order valence-corrected chi connectivity index (χ4v) is 4.33. The average Bonchev–Trinajstić information content (AvgIpc) is 2.97. The first-order chi connectivity index (χ1) is 11.1. The van der Waals surface area contributed by atoms with Crippen molar-refractivity contribution in [3.63, 3.8) is 0 Å². The molecule has 23 heavy (non-hydrogen) atoms. The molecule has 0 N–H and O–H groups in total. The van der Waals surface area contributed by atoms with Gasteiger partial charge in [-0.05, 0) is 63.6 Å². The second-order valence-electron chi connectivity index (χ2n) is 4.83. The van der Waals surface area contributed by atoms with E-state index < -0.39 is 0 Å². The molecule has 0 saturated carbocycles. The summed E-state index contributed by atoms with van der Waals surface area (Å²) >= 11 is 6.89. The van der Waals surface area contributed by atoms with Crippen molar-refractivity contribution in [1.82, 2.24) is 0 Å². The number of nitrogens with zero attached hydrogens (tertiary/aromatic N) is 1. The molecule has 0 unspecified atom stereocenters. The number of hydrogen-bond acceptors (Lipinski definition) is 4. The van der Waals surface area contributed by atoms with Crippen molar-refractivity contribution >= 4 is 44.7 Å². The minimum absolute atomic E-state index is 0.107. The van der Waals surface area contributed by atoms with E-state index in [0.29, 0.717) is 0 Å². The highest BCUT2D eigenvalue weighted by Crippen LogP contribution is 2.42. The van der Waals surface area contributed by atoms with Gasteiger partial charge in [-0.15, -0.1) is 23.1 Å². The maximum atomic E-state index is 10.8. The molecule has 0 aliphatic carbocycles. The van der Waals surface area contributed by atoms with Gasteiger partial charge in [-0.2, -0.15) is 0 Å². The largest absolute Gasteiger partial charge is 0.269 e. The molecule has 0 atom stereocenters. The van der Waals surface area contributed by atoms with Crippen LogP contribution in [0.5, 0.6) is 0 Å². The Labute approximate surface area is 150 Å². The predicted octanol–water partition coefficient (Wildman–Crippen LogP) is 6.47. The predicted molar refractivity (Wildman–Crippen MR) is 101 cm³/mol. The maximum absolute atomic E-state index is 10.8. The van der Waals surface area contributed by atoms with Crippen molar-refractivity contribution in [1.29, 1.82) is 0 Å². The van der Waals surface area contributed by atoms with E-state index in [1.54, 1.807) is 47.4 Å². The lowest BCUT2D eigenvalue weighted by molar-refractivity contribution is -0.384. The van der Waals surface area contributed by atoms with Gasteiger partial charge in [0, 0.05) is 27.5 Å². The molecule has 3 nitrogen and oxygen atoms in total. The summed E-state index contributed by atoms with van der Waals surface area (Å²) < 4.78 is 1.04. The van der Waals surface area contributed by atoms with Crippen LogP contribution in [0.25, 0.3) is 21.6 Å². The van der Waals surface area contributed by atoms with Gasteiger partial charge in [0.05, 0.1) is 8.71 Å². The number of thiophene rings is 1. The molecule has 1 aromatic heterocycles. The Morgan fingerprint density at radius 3 is 2.22 bits per heavy atom. The number of rotatable bonds is 4. The van der Waals surface area contributed by atoms with Crippen molar-refractivity contribution in [3.05, 3.63) is 68.5 Å². The van der Waals surface area contributed by atoms with Gasteiger partial charge in [0.15, 0.2) is 0 Å². The zero-order chi connectivity index (χ0) is 16.4. The fraction of sp³-hybridized carbons (Fsp3) is 0.0588. The molecule has 0 saturated heterocycles. The molecular weight excluding hydrogens is 394 g/mol. The summed E-state index contributed by atoms with van der Waals surface area (Å²) in [7, 11) is 0. The number of nitro benzene ring substituents is 1. The molecule has 6 heteroatoms. The third kappa shape index (κ3) is 3.49. The number of thioether (sulfide) groups is 1. The van der Waals surface area contributed by atoms with Crippen molar-refractivity contribution in [2.75, 3.05) is 6.26 Å². The number of hydrogen-bond donors (Lipinski definition) is 0. The van der Waals surface area contributed by atoms with Crippen LogP contribution in [0.1, 0.15) is 0 Å². The summed E-state index contributed by atoms with van der Waals surface area (Å²) in [5.74, 6) is 0. The fourth-order valence-electron chi connectivity index (χ4n) is 2.29. The van der Waals surface area contributed by atoms with E-state index in [1.807, 2.05) is 0 Å². The molecule has 0 fully saturated rings. The third-order valence-corrected chi connectivity index (χ3v) is 5.87. The molecule has 0 amide bonds. The van der Waals surface area contributed by atoms with Gasteiger partial charge in [0.2, 0.25) is 0 Å². The lowest BCUT2D eigenvalue weighted by Crippen LogP contribution is -1.87. The van der Waals surface area contributed by atoms with E-state index in [-0.39, 0.29) is 10.6 Å². The summed E-state index contributed by atoms with van der Waals surface area (Å²) in [6.45, 7) is 0.